The SMILES string of the molecule is C=CCN1C[C@@H](SC2=C(C(=O)O)N3C(=O)[C@@H]([C@@H](O)CC)[C@H]3C2)C[C@H]1C(=O)N(C)C. The largest absolute Gasteiger partial charge is 0.477 e. The molecule has 0 aromatic heterocycles. The molecule has 5 atom stereocenters. The van der Waals surface area contributed by atoms with E-state index >= 15 is 0 Å². The van der Waals surface area contributed by atoms with Crippen molar-refractivity contribution in [1.82, 2.24) is 14.7 Å². The minimum atomic E-state index is -1.12. The molecule has 0 spiro atoms. The molecule has 29 heavy (non-hydrogen) atoms. The number of aliphatic carboxylic acids is 1. The molecule has 2 saturated heterocycles. The van der Waals surface area contributed by atoms with Gasteiger partial charge >= 0.3 is 5.97 Å². The Balaban J connectivity index is 1.77. The number of thioether (sulfide) groups is 1. The van der Waals surface area contributed by atoms with Crippen molar-refractivity contribution in [3.8, 4) is 0 Å². The Morgan fingerprint density at radius 2 is 2.10 bits per heavy atom. The van der Waals surface area contributed by atoms with Crippen LogP contribution in [-0.2, 0) is 14.4 Å². The number of aliphatic hydroxyl groups is 1. The first-order valence-electron chi connectivity index (χ1n) is 9.91. The van der Waals surface area contributed by atoms with Gasteiger partial charge in [0.25, 0.3) is 0 Å². The zero-order valence-electron chi connectivity index (χ0n) is 17.1. The van der Waals surface area contributed by atoms with Crippen LogP contribution in [-0.4, -0.2) is 93.3 Å². The number of likely N-dealkylation sites (N-methyl/N-ethyl adjacent to an activating group) is 1. The zero-order valence-corrected chi connectivity index (χ0v) is 17.9. The first-order chi connectivity index (χ1) is 13.7. The lowest BCUT2D eigenvalue weighted by Gasteiger charge is -2.45. The lowest BCUT2D eigenvalue weighted by atomic mass is 9.82. The maximum Gasteiger partial charge on any atom is 0.353 e. The minimum absolute atomic E-state index is 0.0268. The van der Waals surface area contributed by atoms with Gasteiger partial charge in [-0.2, -0.15) is 0 Å². The van der Waals surface area contributed by atoms with Crippen LogP contribution in [0.1, 0.15) is 26.2 Å². The Hall–Kier alpha value is -1.84. The number of nitrogens with zero attached hydrogens (tertiary/aromatic N) is 3. The van der Waals surface area contributed by atoms with Gasteiger partial charge in [0, 0.05) is 43.8 Å². The number of aliphatic hydroxyl groups excluding tert-OH is 1. The molecule has 3 aliphatic heterocycles. The highest BCUT2D eigenvalue weighted by molar-refractivity contribution is 8.03. The summed E-state index contributed by atoms with van der Waals surface area (Å²) < 4.78 is 0. The number of carboxylic acid groups (broad SMARTS) is 1. The van der Waals surface area contributed by atoms with Crippen LogP contribution in [0.2, 0.25) is 0 Å². The normalized spacial score (nSPS) is 30.2. The van der Waals surface area contributed by atoms with E-state index in [-0.39, 0.29) is 34.8 Å². The molecule has 3 rings (SSSR count). The van der Waals surface area contributed by atoms with Gasteiger partial charge in [-0.3, -0.25) is 14.5 Å². The Morgan fingerprint density at radius 3 is 2.66 bits per heavy atom. The smallest absolute Gasteiger partial charge is 0.353 e. The molecular formula is C20H29N3O5S. The number of hydrogen-bond acceptors (Lipinski definition) is 6. The predicted molar refractivity (Wildman–Crippen MR) is 110 cm³/mol. The Bertz CT molecular complexity index is 752. The van der Waals surface area contributed by atoms with Crippen molar-refractivity contribution in [3.05, 3.63) is 23.3 Å². The van der Waals surface area contributed by atoms with Gasteiger partial charge in [-0.15, -0.1) is 18.3 Å². The van der Waals surface area contributed by atoms with Crippen LogP contribution in [0.5, 0.6) is 0 Å². The van der Waals surface area contributed by atoms with Crippen molar-refractivity contribution in [2.45, 2.75) is 49.6 Å². The molecule has 9 heteroatoms. The monoisotopic (exact) mass is 423 g/mol. The predicted octanol–water partition coefficient (Wildman–Crippen LogP) is 0.735. The van der Waals surface area contributed by atoms with Crippen LogP contribution in [0.3, 0.4) is 0 Å². The maximum absolute atomic E-state index is 12.5. The number of carbonyl (C=O) groups is 3. The quantitative estimate of drug-likeness (QED) is 0.438. The van der Waals surface area contributed by atoms with Crippen LogP contribution in [0.4, 0.5) is 0 Å². The summed E-state index contributed by atoms with van der Waals surface area (Å²) in [6.45, 7) is 6.82. The molecule has 160 valence electrons. The number of β-lactam (4-membered cyclic amide) rings is 1. The molecular weight excluding hydrogens is 394 g/mol. The summed E-state index contributed by atoms with van der Waals surface area (Å²) in [6.07, 6.45) is 2.54. The van der Waals surface area contributed by atoms with E-state index in [1.54, 1.807) is 25.1 Å². The van der Waals surface area contributed by atoms with Crippen LogP contribution >= 0.6 is 11.8 Å². The van der Waals surface area contributed by atoms with Crippen LogP contribution < -0.4 is 0 Å². The van der Waals surface area contributed by atoms with E-state index in [4.69, 9.17) is 0 Å². The van der Waals surface area contributed by atoms with Crippen molar-refractivity contribution in [3.63, 3.8) is 0 Å². The van der Waals surface area contributed by atoms with E-state index in [0.717, 1.165) is 0 Å². The molecule has 0 radical (unpaired) electrons. The van der Waals surface area contributed by atoms with Gasteiger partial charge < -0.3 is 20.0 Å². The third-order valence-corrected chi connectivity index (χ3v) is 7.29. The Labute approximate surface area is 175 Å². The summed E-state index contributed by atoms with van der Waals surface area (Å²) in [6, 6.07) is -0.542. The third kappa shape index (κ3) is 3.83. The van der Waals surface area contributed by atoms with Crippen molar-refractivity contribution in [1.29, 1.82) is 0 Å². The molecule has 2 N–H and O–H groups in total. The van der Waals surface area contributed by atoms with E-state index in [2.05, 4.69) is 11.5 Å². The number of rotatable bonds is 8. The Kier molecular flexibility index (Phi) is 6.40. The molecule has 8 nitrogen and oxygen atoms in total. The van der Waals surface area contributed by atoms with Crippen molar-refractivity contribution >= 4 is 29.5 Å². The number of hydrogen-bond donors (Lipinski definition) is 2. The van der Waals surface area contributed by atoms with Gasteiger partial charge in [0.05, 0.1) is 24.1 Å². The molecule has 0 unspecified atom stereocenters. The highest BCUT2D eigenvalue weighted by Gasteiger charge is 2.57. The fourth-order valence-corrected chi connectivity index (χ4v) is 6.07. The molecule has 3 aliphatic rings. The Morgan fingerprint density at radius 1 is 1.41 bits per heavy atom. The summed E-state index contributed by atoms with van der Waals surface area (Å²) in [4.78, 5) is 42.6. The molecule has 0 aliphatic carbocycles. The first kappa shape index (κ1) is 21.9. The van der Waals surface area contributed by atoms with E-state index in [9.17, 15) is 24.6 Å². The average Bonchev–Trinajstić information content (AvgIpc) is 3.20. The van der Waals surface area contributed by atoms with E-state index in [1.807, 2.05) is 6.92 Å². The summed E-state index contributed by atoms with van der Waals surface area (Å²) in [5.41, 5.74) is 0.0437. The summed E-state index contributed by atoms with van der Waals surface area (Å²) in [7, 11) is 3.46. The van der Waals surface area contributed by atoms with Gasteiger partial charge in [-0.05, 0) is 12.8 Å². The van der Waals surface area contributed by atoms with Crippen molar-refractivity contribution < 1.29 is 24.6 Å². The molecule has 3 heterocycles. The second kappa shape index (κ2) is 8.49. The van der Waals surface area contributed by atoms with Crippen molar-refractivity contribution in [2.75, 3.05) is 27.2 Å². The number of carbonyl (C=O) groups excluding carboxylic acids is 2. The number of amides is 2. The lowest BCUT2D eigenvalue weighted by Crippen LogP contribution is -2.62. The van der Waals surface area contributed by atoms with Gasteiger partial charge in [0.2, 0.25) is 11.8 Å². The third-order valence-electron chi connectivity index (χ3n) is 5.97. The molecule has 2 fully saturated rings. The van der Waals surface area contributed by atoms with Crippen LogP contribution in [0.15, 0.2) is 23.3 Å². The number of likely N-dealkylation sites (tertiary alicyclic amines) is 1. The highest BCUT2D eigenvalue weighted by atomic mass is 32.2. The van der Waals surface area contributed by atoms with Gasteiger partial charge in [0.1, 0.15) is 5.70 Å². The van der Waals surface area contributed by atoms with Crippen molar-refractivity contribution in [2.24, 2.45) is 5.92 Å². The lowest BCUT2D eigenvalue weighted by molar-refractivity contribution is -0.162. The van der Waals surface area contributed by atoms with Gasteiger partial charge in [-0.1, -0.05) is 13.0 Å². The zero-order chi connectivity index (χ0) is 21.5. The second-order valence-electron chi connectivity index (χ2n) is 8.02. The summed E-state index contributed by atoms with van der Waals surface area (Å²) in [5, 5.41) is 19.9. The molecule has 2 amide bonds. The fourth-order valence-electron chi connectivity index (χ4n) is 4.55. The summed E-state index contributed by atoms with van der Waals surface area (Å²) in [5.74, 6) is -1.93. The summed E-state index contributed by atoms with van der Waals surface area (Å²) >= 11 is 1.46. The molecule has 0 saturated carbocycles. The average molecular weight is 424 g/mol. The van der Waals surface area contributed by atoms with Crippen LogP contribution in [0.25, 0.3) is 0 Å². The number of carboxylic acids is 1. The van der Waals surface area contributed by atoms with E-state index < -0.39 is 18.0 Å². The highest BCUT2D eigenvalue weighted by Crippen LogP contribution is 2.49. The maximum atomic E-state index is 12.5. The second-order valence-corrected chi connectivity index (χ2v) is 9.42. The molecule has 0 aromatic carbocycles. The van der Waals surface area contributed by atoms with Gasteiger partial charge in [-0.25, -0.2) is 4.79 Å². The molecule has 0 bridgehead atoms. The first-order valence-corrected chi connectivity index (χ1v) is 10.8. The topological polar surface area (TPSA) is 101 Å². The minimum Gasteiger partial charge on any atom is -0.477 e. The van der Waals surface area contributed by atoms with Gasteiger partial charge in [0.15, 0.2) is 0 Å². The van der Waals surface area contributed by atoms with E-state index in [1.165, 1.54) is 16.7 Å². The van der Waals surface area contributed by atoms with E-state index in [0.29, 0.717) is 37.3 Å². The standard InChI is InChI=1S/C20H29N3O5S/c1-5-7-22-10-11(8-13(22)18(25)21(3)4)29-15-9-12-16(14(24)6-2)19(26)23(12)17(15)20(27)28/h5,11-14,16,24H,1,6-10H2,2-4H3,(H,27,28)/t11-,12+,13-,14-,16+/m0/s1. The fraction of sp³-hybridized carbons (Fsp3) is 0.650. The van der Waals surface area contributed by atoms with Crippen LogP contribution in [0, 0.1) is 5.92 Å². The number of fused-ring (bicyclic) bond motifs is 1. The molecule has 0 aromatic rings.